The Morgan fingerprint density at radius 3 is 2.42 bits per heavy atom. The van der Waals surface area contributed by atoms with Gasteiger partial charge >= 0.3 is 6.18 Å². The van der Waals surface area contributed by atoms with Crippen molar-refractivity contribution in [1.82, 2.24) is 0 Å². The number of rotatable bonds is 2. The molecule has 0 radical (unpaired) electrons. The molecule has 0 atom stereocenters. The number of hydrogen-bond acceptors (Lipinski definition) is 2. The van der Waals surface area contributed by atoms with Gasteiger partial charge in [-0.15, -0.1) is 0 Å². The second kappa shape index (κ2) is 5.53. The molecule has 0 aliphatic carbocycles. The monoisotopic (exact) mass is 335 g/mol. The number of piperidine rings is 1. The molecule has 2 rings (SSSR count). The van der Waals surface area contributed by atoms with E-state index in [4.69, 9.17) is 0 Å². The molecule has 6 heteroatoms. The molecule has 1 aliphatic rings. The average Bonchev–Trinajstić information content (AvgIpc) is 2.37. The topological polar surface area (TPSA) is 20.3 Å². The number of hydrogen-bond donors (Lipinski definition) is 0. The third-order valence-electron chi connectivity index (χ3n) is 3.34. The van der Waals surface area contributed by atoms with Crippen molar-refractivity contribution in [3.63, 3.8) is 0 Å². The lowest BCUT2D eigenvalue weighted by atomic mass is 9.97. The van der Waals surface area contributed by atoms with Gasteiger partial charge in [0.2, 0.25) is 0 Å². The van der Waals surface area contributed by atoms with Crippen molar-refractivity contribution in [2.45, 2.75) is 19.0 Å². The van der Waals surface area contributed by atoms with Crippen LogP contribution in [0.2, 0.25) is 0 Å². The first kappa shape index (κ1) is 14.4. The molecule has 0 bridgehead atoms. The second-order valence-electron chi connectivity index (χ2n) is 4.62. The summed E-state index contributed by atoms with van der Waals surface area (Å²) >= 11 is 3.21. The lowest BCUT2D eigenvalue weighted by Crippen LogP contribution is -2.35. The molecule has 1 saturated heterocycles. The normalized spacial score (nSPS) is 17.6. The van der Waals surface area contributed by atoms with Crippen LogP contribution in [-0.2, 0) is 11.0 Å². The summed E-state index contributed by atoms with van der Waals surface area (Å²) in [5, 5.41) is 0. The summed E-state index contributed by atoms with van der Waals surface area (Å²) in [6.07, 6.45) is -2.26. The molecule has 0 aromatic heterocycles. The Labute approximate surface area is 117 Å². The number of carbonyl (C=O) groups is 1. The van der Waals surface area contributed by atoms with E-state index < -0.39 is 11.7 Å². The Bertz CT molecular complexity index is 467. The lowest BCUT2D eigenvalue weighted by molar-refractivity contribution is -0.137. The number of alkyl halides is 3. The van der Waals surface area contributed by atoms with Gasteiger partial charge in [0.15, 0.2) is 0 Å². The first-order chi connectivity index (χ1) is 8.91. The van der Waals surface area contributed by atoms with Crippen molar-refractivity contribution in [3.8, 4) is 0 Å². The molecular formula is C13H13BrF3NO. The van der Waals surface area contributed by atoms with Gasteiger partial charge in [-0.05, 0) is 31.0 Å². The summed E-state index contributed by atoms with van der Waals surface area (Å²) in [4.78, 5) is 12.4. The van der Waals surface area contributed by atoms with Crippen LogP contribution < -0.4 is 4.90 Å². The highest BCUT2D eigenvalue weighted by atomic mass is 79.9. The molecule has 0 spiro atoms. The van der Waals surface area contributed by atoms with Gasteiger partial charge in [0.1, 0.15) is 6.29 Å². The molecule has 104 valence electrons. The minimum Gasteiger partial charge on any atom is -0.371 e. The molecule has 0 unspecified atom stereocenters. The predicted molar refractivity (Wildman–Crippen MR) is 70.1 cm³/mol. The van der Waals surface area contributed by atoms with Gasteiger partial charge in [-0.3, -0.25) is 0 Å². The van der Waals surface area contributed by atoms with Gasteiger partial charge < -0.3 is 9.69 Å². The van der Waals surface area contributed by atoms with E-state index in [0.29, 0.717) is 30.4 Å². The third kappa shape index (κ3) is 3.29. The van der Waals surface area contributed by atoms with E-state index in [0.717, 1.165) is 12.4 Å². The standard InChI is InChI=1S/C13H13BrF3NO/c14-10-1-2-11(13(15,16)17)12(7-10)18-5-3-9(8-19)4-6-18/h1-2,7-9H,3-6H2. The van der Waals surface area contributed by atoms with Crippen LogP contribution in [0.4, 0.5) is 18.9 Å². The molecule has 1 aliphatic heterocycles. The highest BCUT2D eigenvalue weighted by molar-refractivity contribution is 9.10. The number of anilines is 1. The summed E-state index contributed by atoms with van der Waals surface area (Å²) in [6, 6.07) is 3.97. The quantitative estimate of drug-likeness (QED) is 0.764. The summed E-state index contributed by atoms with van der Waals surface area (Å²) in [6.45, 7) is 0.950. The average molecular weight is 336 g/mol. The summed E-state index contributed by atoms with van der Waals surface area (Å²) in [5.74, 6) is -0.0299. The fourth-order valence-corrected chi connectivity index (χ4v) is 2.63. The highest BCUT2D eigenvalue weighted by Crippen LogP contribution is 2.39. The molecule has 19 heavy (non-hydrogen) atoms. The molecular weight excluding hydrogens is 323 g/mol. The van der Waals surface area contributed by atoms with Crippen molar-refractivity contribution in [3.05, 3.63) is 28.2 Å². The van der Waals surface area contributed by atoms with Crippen LogP contribution >= 0.6 is 15.9 Å². The first-order valence-corrected chi connectivity index (χ1v) is 6.78. The Morgan fingerprint density at radius 2 is 1.89 bits per heavy atom. The van der Waals surface area contributed by atoms with E-state index in [1.807, 2.05) is 0 Å². The molecule has 0 N–H and O–H groups in total. The zero-order chi connectivity index (χ0) is 14.0. The van der Waals surface area contributed by atoms with Crippen LogP contribution in [0.15, 0.2) is 22.7 Å². The zero-order valence-corrected chi connectivity index (χ0v) is 11.7. The van der Waals surface area contributed by atoms with Crippen molar-refractivity contribution in [2.24, 2.45) is 5.92 Å². The van der Waals surface area contributed by atoms with Crippen LogP contribution in [0.5, 0.6) is 0 Å². The number of halogens is 4. The van der Waals surface area contributed by atoms with E-state index in [-0.39, 0.29) is 11.6 Å². The van der Waals surface area contributed by atoms with Crippen molar-refractivity contribution < 1.29 is 18.0 Å². The van der Waals surface area contributed by atoms with Gasteiger partial charge in [0.25, 0.3) is 0 Å². The summed E-state index contributed by atoms with van der Waals surface area (Å²) in [5.41, 5.74) is -0.438. The molecule has 1 aromatic rings. The summed E-state index contributed by atoms with van der Waals surface area (Å²) < 4.78 is 39.6. The van der Waals surface area contributed by atoms with E-state index in [2.05, 4.69) is 15.9 Å². The Hall–Kier alpha value is -1.04. The minimum absolute atomic E-state index is 0.0299. The van der Waals surface area contributed by atoms with Crippen LogP contribution in [-0.4, -0.2) is 19.4 Å². The second-order valence-corrected chi connectivity index (χ2v) is 5.54. The fourth-order valence-electron chi connectivity index (χ4n) is 2.28. The Morgan fingerprint density at radius 1 is 1.26 bits per heavy atom. The maximum Gasteiger partial charge on any atom is 0.418 e. The molecule has 0 amide bonds. The summed E-state index contributed by atoms with van der Waals surface area (Å²) in [7, 11) is 0. The highest BCUT2D eigenvalue weighted by Gasteiger charge is 2.35. The van der Waals surface area contributed by atoms with Crippen molar-refractivity contribution >= 4 is 27.9 Å². The number of carbonyl (C=O) groups excluding carboxylic acids is 1. The molecule has 1 aromatic carbocycles. The number of aldehydes is 1. The first-order valence-electron chi connectivity index (χ1n) is 5.99. The predicted octanol–water partition coefficient (Wildman–Crippen LogP) is 3.88. The van der Waals surface area contributed by atoms with Gasteiger partial charge in [0.05, 0.1) is 11.3 Å². The lowest BCUT2D eigenvalue weighted by Gasteiger charge is -2.33. The van der Waals surface area contributed by atoms with Gasteiger partial charge in [0, 0.05) is 23.5 Å². The van der Waals surface area contributed by atoms with Crippen LogP contribution in [0.25, 0.3) is 0 Å². The zero-order valence-electron chi connectivity index (χ0n) is 10.1. The van der Waals surface area contributed by atoms with E-state index >= 15 is 0 Å². The number of nitrogens with zero attached hydrogens (tertiary/aromatic N) is 1. The third-order valence-corrected chi connectivity index (χ3v) is 3.83. The fraction of sp³-hybridized carbons (Fsp3) is 0.462. The molecule has 2 nitrogen and oxygen atoms in total. The van der Waals surface area contributed by atoms with Crippen LogP contribution in [0.1, 0.15) is 18.4 Å². The largest absolute Gasteiger partial charge is 0.418 e. The molecule has 1 heterocycles. The number of benzene rings is 1. The van der Waals surface area contributed by atoms with E-state index in [1.54, 1.807) is 4.90 Å². The Balaban J connectivity index is 2.29. The van der Waals surface area contributed by atoms with Gasteiger partial charge in [-0.1, -0.05) is 15.9 Å². The Kier molecular flexibility index (Phi) is 4.18. The maximum absolute atomic E-state index is 13.0. The molecule has 1 fully saturated rings. The maximum atomic E-state index is 13.0. The van der Waals surface area contributed by atoms with Gasteiger partial charge in [-0.2, -0.15) is 13.2 Å². The van der Waals surface area contributed by atoms with Crippen molar-refractivity contribution in [1.29, 1.82) is 0 Å². The SMILES string of the molecule is O=CC1CCN(c2cc(Br)ccc2C(F)(F)F)CC1. The minimum atomic E-state index is -4.36. The van der Waals surface area contributed by atoms with Gasteiger partial charge in [-0.25, -0.2) is 0 Å². The van der Waals surface area contributed by atoms with Crippen LogP contribution in [0.3, 0.4) is 0 Å². The smallest absolute Gasteiger partial charge is 0.371 e. The van der Waals surface area contributed by atoms with E-state index in [9.17, 15) is 18.0 Å². The van der Waals surface area contributed by atoms with E-state index in [1.165, 1.54) is 12.1 Å². The molecule has 0 saturated carbocycles. The van der Waals surface area contributed by atoms with Crippen LogP contribution in [0, 0.1) is 5.92 Å². The van der Waals surface area contributed by atoms with Crippen molar-refractivity contribution in [2.75, 3.05) is 18.0 Å².